The van der Waals surface area contributed by atoms with Gasteiger partial charge in [0.1, 0.15) is 0 Å². The van der Waals surface area contributed by atoms with Crippen LogP contribution in [0, 0.1) is 0 Å². The number of ether oxygens (including phenoxy) is 1. The van der Waals surface area contributed by atoms with Gasteiger partial charge in [0.2, 0.25) is 5.91 Å². The zero-order valence-electron chi connectivity index (χ0n) is 18.2. The van der Waals surface area contributed by atoms with E-state index >= 15 is 0 Å². The first-order valence-corrected chi connectivity index (χ1v) is 10.3. The van der Waals surface area contributed by atoms with E-state index in [1.807, 2.05) is 13.8 Å². The molecule has 31 heavy (non-hydrogen) atoms. The van der Waals surface area contributed by atoms with Crippen molar-refractivity contribution in [1.29, 1.82) is 0 Å². The second kappa shape index (κ2) is 12.3. The Balaban J connectivity index is 1.92. The van der Waals surface area contributed by atoms with Gasteiger partial charge in [-0.15, -0.1) is 0 Å². The van der Waals surface area contributed by atoms with Crippen molar-refractivity contribution in [3.8, 4) is 0 Å². The molecule has 0 bridgehead atoms. The van der Waals surface area contributed by atoms with Crippen LogP contribution in [-0.2, 0) is 9.53 Å². The lowest BCUT2D eigenvalue weighted by atomic mass is 10.1. The lowest BCUT2D eigenvalue weighted by molar-refractivity contribution is -0.114. The molecule has 166 valence electrons. The third-order valence-electron chi connectivity index (χ3n) is 4.61. The van der Waals surface area contributed by atoms with Gasteiger partial charge in [0.15, 0.2) is 0 Å². The number of nitrogens with one attached hydrogen (secondary N) is 3. The highest BCUT2D eigenvalue weighted by Crippen LogP contribution is 2.14. The summed E-state index contributed by atoms with van der Waals surface area (Å²) in [6, 6.07) is 13.8. The fourth-order valence-electron chi connectivity index (χ4n) is 2.95. The zero-order chi connectivity index (χ0) is 22.6. The molecule has 0 fully saturated rings. The van der Waals surface area contributed by atoms with Crippen LogP contribution in [-0.4, -0.2) is 62.5 Å². The summed E-state index contributed by atoms with van der Waals surface area (Å²) in [6.07, 6.45) is 0. The molecule has 8 nitrogen and oxygen atoms in total. The van der Waals surface area contributed by atoms with Crippen LogP contribution in [0.4, 0.5) is 11.4 Å². The van der Waals surface area contributed by atoms with Gasteiger partial charge in [-0.05, 0) is 50.2 Å². The fraction of sp³-hybridized carbons (Fsp3) is 0.348. The summed E-state index contributed by atoms with van der Waals surface area (Å²) in [5, 5.41) is 8.55. The molecule has 0 aromatic heterocycles. The number of amides is 3. The van der Waals surface area contributed by atoms with E-state index in [-0.39, 0.29) is 24.3 Å². The van der Waals surface area contributed by atoms with Crippen molar-refractivity contribution in [2.45, 2.75) is 13.8 Å². The van der Waals surface area contributed by atoms with Crippen molar-refractivity contribution in [3.63, 3.8) is 0 Å². The van der Waals surface area contributed by atoms with Crippen molar-refractivity contribution in [3.05, 3.63) is 59.7 Å². The average molecular weight is 427 g/mol. The van der Waals surface area contributed by atoms with Crippen molar-refractivity contribution in [1.82, 2.24) is 10.2 Å². The van der Waals surface area contributed by atoms with Crippen molar-refractivity contribution < 1.29 is 19.1 Å². The molecular formula is C23H30N4O4. The average Bonchev–Trinajstić information content (AvgIpc) is 2.79. The number of hydrogen-bond acceptors (Lipinski definition) is 5. The third-order valence-corrected chi connectivity index (χ3v) is 4.61. The molecule has 0 saturated heterocycles. The largest absolute Gasteiger partial charge is 0.383 e. The van der Waals surface area contributed by atoms with Crippen LogP contribution >= 0.6 is 0 Å². The van der Waals surface area contributed by atoms with E-state index in [1.54, 1.807) is 60.5 Å². The topological polar surface area (TPSA) is 99.8 Å². The molecule has 3 amide bonds. The Hall–Kier alpha value is -3.39. The normalized spacial score (nSPS) is 10.3. The molecular weight excluding hydrogens is 396 g/mol. The summed E-state index contributed by atoms with van der Waals surface area (Å²) >= 11 is 0. The summed E-state index contributed by atoms with van der Waals surface area (Å²) < 4.78 is 4.92. The second-order valence-corrected chi connectivity index (χ2v) is 6.79. The molecule has 3 N–H and O–H groups in total. The predicted molar refractivity (Wildman–Crippen MR) is 121 cm³/mol. The lowest BCUT2D eigenvalue weighted by Gasteiger charge is -2.19. The molecule has 0 radical (unpaired) electrons. The van der Waals surface area contributed by atoms with Gasteiger partial charge in [0.25, 0.3) is 11.8 Å². The predicted octanol–water partition coefficient (Wildman–Crippen LogP) is 2.60. The molecule has 0 atom stereocenters. The van der Waals surface area contributed by atoms with Gasteiger partial charge in [0.05, 0.1) is 13.2 Å². The molecule has 2 aromatic carbocycles. The first-order chi connectivity index (χ1) is 15.0. The number of hydrogen-bond donors (Lipinski definition) is 3. The van der Waals surface area contributed by atoms with Crippen LogP contribution in [0.2, 0.25) is 0 Å². The van der Waals surface area contributed by atoms with E-state index in [2.05, 4.69) is 16.0 Å². The minimum absolute atomic E-state index is 0.0168. The van der Waals surface area contributed by atoms with E-state index in [0.29, 0.717) is 48.7 Å². The minimum Gasteiger partial charge on any atom is -0.383 e. The van der Waals surface area contributed by atoms with Gasteiger partial charge in [-0.25, -0.2) is 0 Å². The zero-order valence-corrected chi connectivity index (χ0v) is 18.2. The van der Waals surface area contributed by atoms with Crippen LogP contribution in [0.1, 0.15) is 34.6 Å². The fourth-order valence-corrected chi connectivity index (χ4v) is 2.95. The summed E-state index contributed by atoms with van der Waals surface area (Å²) in [7, 11) is 1.57. The van der Waals surface area contributed by atoms with E-state index in [4.69, 9.17) is 4.74 Å². The first kappa shape index (κ1) is 23.9. The van der Waals surface area contributed by atoms with Gasteiger partial charge in [-0.2, -0.15) is 0 Å². The molecule has 0 aliphatic heterocycles. The molecule has 0 unspecified atom stereocenters. The van der Waals surface area contributed by atoms with E-state index in [1.165, 1.54) is 0 Å². The number of carbonyl (C=O) groups excluding carboxylic acids is 3. The number of anilines is 2. The van der Waals surface area contributed by atoms with Gasteiger partial charge in [-0.1, -0.05) is 12.1 Å². The summed E-state index contributed by atoms with van der Waals surface area (Å²) in [6.45, 7) is 5.98. The highest BCUT2D eigenvalue weighted by atomic mass is 16.5. The maximum atomic E-state index is 12.5. The van der Waals surface area contributed by atoms with E-state index in [0.717, 1.165) is 0 Å². The van der Waals surface area contributed by atoms with Crippen LogP contribution in [0.25, 0.3) is 0 Å². The number of methoxy groups -OCH3 is 1. The van der Waals surface area contributed by atoms with Crippen molar-refractivity contribution in [2.24, 2.45) is 0 Å². The Morgan fingerprint density at radius 1 is 0.935 bits per heavy atom. The van der Waals surface area contributed by atoms with Crippen LogP contribution < -0.4 is 16.0 Å². The highest BCUT2D eigenvalue weighted by molar-refractivity contribution is 5.98. The SMILES string of the molecule is CCN(CC)C(=O)c1cccc(NC(=O)CNc2cccc(C(=O)NCCOC)c2)c1. The molecule has 8 heteroatoms. The Bertz CT molecular complexity index is 897. The summed E-state index contributed by atoms with van der Waals surface area (Å²) in [5.74, 6) is -0.540. The van der Waals surface area contributed by atoms with Crippen LogP contribution in [0.15, 0.2) is 48.5 Å². The molecule has 2 rings (SSSR count). The van der Waals surface area contributed by atoms with Crippen molar-refractivity contribution in [2.75, 3.05) is 50.5 Å². The maximum absolute atomic E-state index is 12.5. The molecule has 0 aliphatic rings. The molecule has 0 spiro atoms. The lowest BCUT2D eigenvalue weighted by Crippen LogP contribution is -2.30. The molecule has 2 aromatic rings. The number of benzene rings is 2. The Kier molecular flexibility index (Phi) is 9.51. The summed E-state index contributed by atoms with van der Waals surface area (Å²) in [5.41, 5.74) is 2.22. The first-order valence-electron chi connectivity index (χ1n) is 10.3. The molecule has 0 heterocycles. The van der Waals surface area contributed by atoms with Gasteiger partial charge >= 0.3 is 0 Å². The number of rotatable bonds is 11. The smallest absolute Gasteiger partial charge is 0.253 e. The molecule has 0 aliphatic carbocycles. The van der Waals surface area contributed by atoms with Gasteiger partial charge in [-0.3, -0.25) is 14.4 Å². The quantitative estimate of drug-likeness (QED) is 0.480. The van der Waals surface area contributed by atoms with Gasteiger partial charge in [0, 0.05) is 49.2 Å². The summed E-state index contributed by atoms with van der Waals surface area (Å²) in [4.78, 5) is 38.7. The van der Waals surface area contributed by atoms with Crippen LogP contribution in [0.5, 0.6) is 0 Å². The number of nitrogens with zero attached hydrogens (tertiary/aromatic N) is 1. The molecule has 0 saturated carbocycles. The van der Waals surface area contributed by atoms with Gasteiger partial charge < -0.3 is 25.6 Å². The monoisotopic (exact) mass is 426 g/mol. The third kappa shape index (κ3) is 7.42. The van der Waals surface area contributed by atoms with E-state index < -0.39 is 0 Å². The highest BCUT2D eigenvalue weighted by Gasteiger charge is 2.13. The Morgan fingerprint density at radius 3 is 2.26 bits per heavy atom. The Morgan fingerprint density at radius 2 is 1.58 bits per heavy atom. The van der Waals surface area contributed by atoms with Crippen LogP contribution in [0.3, 0.4) is 0 Å². The minimum atomic E-state index is -0.262. The maximum Gasteiger partial charge on any atom is 0.253 e. The van der Waals surface area contributed by atoms with E-state index in [9.17, 15) is 14.4 Å². The number of carbonyl (C=O) groups is 3. The standard InChI is InChI=1S/C23H30N4O4/c1-4-27(5-2)23(30)18-9-7-11-20(15-18)26-21(28)16-25-19-10-6-8-17(14-19)22(29)24-12-13-31-3/h6-11,14-15,25H,4-5,12-13,16H2,1-3H3,(H,24,29)(H,26,28). The second-order valence-electron chi connectivity index (χ2n) is 6.79. The van der Waals surface area contributed by atoms with Crippen molar-refractivity contribution >= 4 is 29.1 Å². The Labute approximate surface area is 183 Å².